The number of ketones is 1. The monoisotopic (exact) mass is 459 g/mol. The van der Waals surface area contributed by atoms with Crippen molar-refractivity contribution in [1.29, 1.82) is 0 Å². The number of aliphatic hydroxyl groups excluding tert-OH is 1. The predicted molar refractivity (Wildman–Crippen MR) is 118 cm³/mol. The van der Waals surface area contributed by atoms with Crippen LogP contribution in [0.5, 0.6) is 17.2 Å². The number of ether oxygens (including phenoxy) is 4. The number of Topliss-reactive ketones (excluding diaryl/α,β-unsaturated/α-hetero) is 1. The Labute approximate surface area is 191 Å². The molecular formula is C24H26FNO7. The maximum atomic E-state index is 14.0. The SMILES string of the molecule is CCOc1cc(C2/C(=C(\O)c3cc(F)ccc3OC)C(=O)C(=O)N2CCOC)ccc1OC. The molecule has 0 spiro atoms. The van der Waals surface area contributed by atoms with Crippen molar-refractivity contribution in [2.24, 2.45) is 0 Å². The van der Waals surface area contributed by atoms with E-state index in [-0.39, 0.29) is 30.0 Å². The molecule has 1 amide bonds. The molecule has 0 radical (unpaired) electrons. The molecule has 2 aromatic carbocycles. The zero-order valence-corrected chi connectivity index (χ0v) is 18.9. The molecule has 0 saturated carbocycles. The zero-order chi connectivity index (χ0) is 24.1. The maximum Gasteiger partial charge on any atom is 0.295 e. The van der Waals surface area contributed by atoms with Gasteiger partial charge in [-0.15, -0.1) is 0 Å². The Balaban J connectivity index is 2.25. The first-order valence-corrected chi connectivity index (χ1v) is 10.3. The van der Waals surface area contributed by atoms with Crippen molar-refractivity contribution in [2.45, 2.75) is 13.0 Å². The van der Waals surface area contributed by atoms with Gasteiger partial charge in [-0.05, 0) is 42.8 Å². The van der Waals surface area contributed by atoms with E-state index in [1.165, 1.54) is 38.4 Å². The Morgan fingerprint density at radius 3 is 2.36 bits per heavy atom. The van der Waals surface area contributed by atoms with Gasteiger partial charge >= 0.3 is 0 Å². The smallest absolute Gasteiger partial charge is 0.295 e. The Morgan fingerprint density at radius 1 is 1.03 bits per heavy atom. The van der Waals surface area contributed by atoms with Crippen molar-refractivity contribution < 1.29 is 38.0 Å². The highest BCUT2D eigenvalue weighted by Gasteiger charge is 2.46. The quantitative estimate of drug-likeness (QED) is 0.349. The molecule has 1 aliphatic heterocycles. The predicted octanol–water partition coefficient (Wildman–Crippen LogP) is 3.31. The van der Waals surface area contributed by atoms with Crippen LogP contribution in [-0.2, 0) is 14.3 Å². The third-order valence-electron chi connectivity index (χ3n) is 5.30. The van der Waals surface area contributed by atoms with Crippen LogP contribution in [0.25, 0.3) is 5.76 Å². The van der Waals surface area contributed by atoms with Gasteiger partial charge in [0.2, 0.25) is 0 Å². The average molecular weight is 459 g/mol. The number of methoxy groups -OCH3 is 3. The van der Waals surface area contributed by atoms with Gasteiger partial charge in [0, 0.05) is 13.7 Å². The van der Waals surface area contributed by atoms with Gasteiger partial charge in [0.25, 0.3) is 11.7 Å². The number of hydrogen-bond acceptors (Lipinski definition) is 7. The highest BCUT2D eigenvalue weighted by atomic mass is 19.1. The van der Waals surface area contributed by atoms with E-state index in [0.717, 1.165) is 6.07 Å². The summed E-state index contributed by atoms with van der Waals surface area (Å²) in [6, 6.07) is 7.57. The van der Waals surface area contributed by atoms with Crippen LogP contribution < -0.4 is 14.2 Å². The fourth-order valence-electron chi connectivity index (χ4n) is 3.79. The van der Waals surface area contributed by atoms with Crippen LogP contribution in [-0.4, -0.2) is 62.8 Å². The molecule has 176 valence electrons. The van der Waals surface area contributed by atoms with Crippen molar-refractivity contribution in [1.82, 2.24) is 4.90 Å². The minimum atomic E-state index is -0.960. The largest absolute Gasteiger partial charge is 0.507 e. The summed E-state index contributed by atoms with van der Waals surface area (Å²) in [6.07, 6.45) is 0. The number of rotatable bonds is 9. The summed E-state index contributed by atoms with van der Waals surface area (Å²) in [6.45, 7) is 2.44. The number of likely N-dealkylation sites (tertiary alicyclic amines) is 1. The number of nitrogens with zero attached hydrogens (tertiary/aromatic N) is 1. The van der Waals surface area contributed by atoms with Gasteiger partial charge in [0.05, 0.1) is 44.6 Å². The molecule has 0 aliphatic carbocycles. The van der Waals surface area contributed by atoms with Crippen molar-refractivity contribution in [3.05, 3.63) is 58.9 Å². The van der Waals surface area contributed by atoms with Crippen LogP contribution in [0.1, 0.15) is 24.1 Å². The van der Waals surface area contributed by atoms with Crippen molar-refractivity contribution in [2.75, 3.05) is 41.1 Å². The topological polar surface area (TPSA) is 94.5 Å². The molecule has 1 N–H and O–H groups in total. The first-order chi connectivity index (χ1) is 15.9. The van der Waals surface area contributed by atoms with E-state index < -0.39 is 29.3 Å². The van der Waals surface area contributed by atoms with Gasteiger partial charge in [-0.1, -0.05) is 6.07 Å². The van der Waals surface area contributed by atoms with E-state index in [0.29, 0.717) is 23.7 Å². The molecule has 1 aliphatic rings. The molecule has 0 aromatic heterocycles. The second kappa shape index (κ2) is 10.4. The van der Waals surface area contributed by atoms with E-state index in [1.807, 2.05) is 6.92 Å². The minimum absolute atomic E-state index is 0.0363. The molecule has 1 atom stereocenters. The van der Waals surface area contributed by atoms with Crippen LogP contribution in [0.15, 0.2) is 42.0 Å². The Morgan fingerprint density at radius 2 is 1.73 bits per heavy atom. The first kappa shape index (κ1) is 24.1. The molecule has 9 heteroatoms. The summed E-state index contributed by atoms with van der Waals surface area (Å²) in [5.41, 5.74) is 0.282. The number of halogens is 1. The highest BCUT2D eigenvalue weighted by Crippen LogP contribution is 2.43. The summed E-state index contributed by atoms with van der Waals surface area (Å²) >= 11 is 0. The Hall–Kier alpha value is -3.59. The molecule has 8 nitrogen and oxygen atoms in total. The lowest BCUT2D eigenvalue weighted by Crippen LogP contribution is -2.32. The number of carbonyl (C=O) groups excluding carboxylic acids is 2. The molecule has 33 heavy (non-hydrogen) atoms. The summed E-state index contributed by atoms with van der Waals surface area (Å²) in [4.78, 5) is 27.3. The van der Waals surface area contributed by atoms with E-state index in [4.69, 9.17) is 18.9 Å². The molecule has 1 saturated heterocycles. The van der Waals surface area contributed by atoms with Crippen molar-refractivity contribution >= 4 is 17.4 Å². The number of hydrogen-bond donors (Lipinski definition) is 1. The summed E-state index contributed by atoms with van der Waals surface area (Å²) in [5, 5.41) is 11.1. The Bertz CT molecular complexity index is 1080. The van der Waals surface area contributed by atoms with E-state index in [9.17, 15) is 19.1 Å². The van der Waals surface area contributed by atoms with Crippen molar-refractivity contribution in [3.8, 4) is 17.2 Å². The lowest BCUT2D eigenvalue weighted by Gasteiger charge is -2.26. The molecule has 0 bridgehead atoms. The normalized spacial score (nSPS) is 17.4. The minimum Gasteiger partial charge on any atom is -0.507 e. The third-order valence-corrected chi connectivity index (χ3v) is 5.30. The number of benzene rings is 2. The lowest BCUT2D eigenvalue weighted by molar-refractivity contribution is -0.140. The zero-order valence-electron chi connectivity index (χ0n) is 18.9. The standard InChI is InChI=1S/C24H26FNO7/c1-5-33-19-12-14(6-8-18(19)32-4)21-20(23(28)24(29)26(21)10-11-30-2)22(27)16-13-15(25)7-9-17(16)31-3/h6-9,12-13,21,27H,5,10-11H2,1-4H3/b22-20+. The summed E-state index contributed by atoms with van der Waals surface area (Å²) in [5.74, 6) is -1.83. The van der Waals surface area contributed by atoms with Gasteiger partial charge < -0.3 is 29.0 Å². The highest BCUT2D eigenvalue weighted by molar-refractivity contribution is 6.46. The Kier molecular flexibility index (Phi) is 7.55. The number of aliphatic hydroxyl groups is 1. The second-order valence-electron chi connectivity index (χ2n) is 7.17. The fourth-order valence-corrected chi connectivity index (χ4v) is 3.79. The van der Waals surface area contributed by atoms with Gasteiger partial charge in [-0.25, -0.2) is 4.39 Å². The van der Waals surface area contributed by atoms with E-state index in [2.05, 4.69) is 0 Å². The average Bonchev–Trinajstić information content (AvgIpc) is 3.07. The van der Waals surface area contributed by atoms with Gasteiger partial charge in [-0.2, -0.15) is 0 Å². The summed E-state index contributed by atoms with van der Waals surface area (Å²) < 4.78 is 35.3. The third kappa shape index (κ3) is 4.63. The van der Waals surface area contributed by atoms with Gasteiger partial charge in [-0.3, -0.25) is 9.59 Å². The maximum absolute atomic E-state index is 14.0. The number of amides is 1. The molecule has 3 rings (SSSR count). The lowest BCUT2D eigenvalue weighted by atomic mass is 9.94. The van der Waals surface area contributed by atoms with Gasteiger partial charge in [0.15, 0.2) is 11.5 Å². The van der Waals surface area contributed by atoms with Crippen LogP contribution in [0, 0.1) is 5.82 Å². The van der Waals surface area contributed by atoms with Crippen LogP contribution >= 0.6 is 0 Å². The second-order valence-corrected chi connectivity index (χ2v) is 7.17. The molecule has 1 fully saturated rings. The summed E-state index contributed by atoms with van der Waals surface area (Å²) in [7, 11) is 4.33. The van der Waals surface area contributed by atoms with Crippen molar-refractivity contribution in [3.63, 3.8) is 0 Å². The molecule has 2 aromatic rings. The molecule has 1 heterocycles. The molecule has 1 unspecified atom stereocenters. The first-order valence-electron chi connectivity index (χ1n) is 10.3. The van der Waals surface area contributed by atoms with Crippen LogP contribution in [0.4, 0.5) is 4.39 Å². The fraction of sp³-hybridized carbons (Fsp3) is 0.333. The van der Waals surface area contributed by atoms with Crippen LogP contribution in [0.3, 0.4) is 0 Å². The number of carbonyl (C=O) groups is 2. The molecular weight excluding hydrogens is 433 g/mol. The van der Waals surface area contributed by atoms with E-state index in [1.54, 1.807) is 18.2 Å². The van der Waals surface area contributed by atoms with Crippen LogP contribution in [0.2, 0.25) is 0 Å². The van der Waals surface area contributed by atoms with Gasteiger partial charge in [0.1, 0.15) is 17.3 Å². The van der Waals surface area contributed by atoms with E-state index >= 15 is 0 Å².